The second-order valence-electron chi connectivity index (χ2n) is 4.79. The van der Waals surface area contributed by atoms with Gasteiger partial charge in [-0.25, -0.2) is 4.98 Å². The molecule has 0 unspecified atom stereocenters. The van der Waals surface area contributed by atoms with E-state index in [1.165, 1.54) is 5.56 Å². The molecule has 98 valence electrons. The fourth-order valence-electron chi connectivity index (χ4n) is 2.43. The van der Waals surface area contributed by atoms with Crippen molar-refractivity contribution >= 4 is 11.5 Å². The molecule has 4 nitrogen and oxygen atoms in total. The summed E-state index contributed by atoms with van der Waals surface area (Å²) in [6, 6.07) is 10.1. The van der Waals surface area contributed by atoms with E-state index in [0.29, 0.717) is 12.3 Å². The molecule has 0 amide bonds. The number of aryl methyl sites for hydroxylation is 1. The Hall–Kier alpha value is -2.23. The van der Waals surface area contributed by atoms with Crippen LogP contribution in [0.3, 0.4) is 0 Å². The van der Waals surface area contributed by atoms with Gasteiger partial charge in [0.15, 0.2) is 0 Å². The highest BCUT2D eigenvalue weighted by Gasteiger charge is 2.17. The molecule has 1 aromatic heterocycles. The molecule has 1 aliphatic rings. The Morgan fingerprint density at radius 2 is 2.16 bits per heavy atom. The summed E-state index contributed by atoms with van der Waals surface area (Å²) in [5, 5.41) is 0. The zero-order valence-electron chi connectivity index (χ0n) is 11.0. The number of anilines is 2. The normalized spacial score (nSPS) is 14.5. The number of fused-ring (bicyclic) bond motifs is 1. The number of ether oxygens (including phenoxy) is 1. The van der Waals surface area contributed by atoms with Crippen LogP contribution in [0.25, 0.3) is 0 Å². The van der Waals surface area contributed by atoms with E-state index in [2.05, 4.69) is 16.0 Å². The Morgan fingerprint density at radius 1 is 1.32 bits per heavy atom. The van der Waals surface area contributed by atoms with Crippen molar-refractivity contribution in [2.75, 3.05) is 23.8 Å². The highest BCUT2D eigenvalue weighted by molar-refractivity contribution is 5.53. The van der Waals surface area contributed by atoms with Crippen molar-refractivity contribution in [1.82, 2.24) is 4.98 Å². The summed E-state index contributed by atoms with van der Waals surface area (Å²) in [7, 11) is 0. The topological polar surface area (TPSA) is 51.4 Å². The Labute approximate surface area is 112 Å². The predicted molar refractivity (Wildman–Crippen MR) is 76.4 cm³/mol. The quantitative estimate of drug-likeness (QED) is 0.850. The molecule has 19 heavy (non-hydrogen) atoms. The minimum atomic E-state index is 0.669. The lowest BCUT2D eigenvalue weighted by molar-refractivity contribution is 0.331. The third-order valence-corrected chi connectivity index (χ3v) is 3.32. The van der Waals surface area contributed by atoms with Crippen LogP contribution in [0, 0.1) is 6.92 Å². The maximum atomic E-state index is 5.77. The van der Waals surface area contributed by atoms with Crippen LogP contribution in [0.5, 0.6) is 5.75 Å². The monoisotopic (exact) mass is 255 g/mol. The highest BCUT2D eigenvalue weighted by Crippen LogP contribution is 2.27. The SMILES string of the molecule is Cc1cc(N)cnc1N1CCOc2ccccc2C1. The standard InChI is InChI=1S/C15H17N3O/c1-11-8-13(16)9-17-15(11)18-6-7-19-14-5-3-2-4-12(14)10-18/h2-5,8-9H,6-7,10,16H2,1H3. The van der Waals surface area contributed by atoms with E-state index in [9.17, 15) is 0 Å². The second-order valence-corrected chi connectivity index (χ2v) is 4.79. The average Bonchev–Trinajstić information content (AvgIpc) is 2.60. The van der Waals surface area contributed by atoms with Crippen LogP contribution in [-0.2, 0) is 6.54 Å². The number of hydrogen-bond donors (Lipinski definition) is 1. The summed E-state index contributed by atoms with van der Waals surface area (Å²) in [6.07, 6.45) is 1.71. The molecule has 2 heterocycles. The van der Waals surface area contributed by atoms with E-state index in [1.807, 2.05) is 31.2 Å². The predicted octanol–water partition coefficient (Wildman–Crippen LogP) is 2.37. The number of nitrogens with two attached hydrogens (primary N) is 1. The molecule has 2 N–H and O–H groups in total. The molecule has 0 aliphatic carbocycles. The van der Waals surface area contributed by atoms with Gasteiger partial charge in [-0.1, -0.05) is 18.2 Å². The maximum absolute atomic E-state index is 5.77. The summed E-state index contributed by atoms with van der Waals surface area (Å²) in [5.41, 5.74) is 8.75. The fraction of sp³-hybridized carbons (Fsp3) is 0.267. The van der Waals surface area contributed by atoms with Crippen molar-refractivity contribution in [1.29, 1.82) is 0 Å². The molecule has 0 atom stereocenters. The van der Waals surface area contributed by atoms with Gasteiger partial charge in [-0.3, -0.25) is 0 Å². The molecule has 2 aromatic rings. The lowest BCUT2D eigenvalue weighted by Gasteiger charge is -2.22. The van der Waals surface area contributed by atoms with Gasteiger partial charge >= 0.3 is 0 Å². The van der Waals surface area contributed by atoms with Gasteiger partial charge in [0.25, 0.3) is 0 Å². The second kappa shape index (κ2) is 4.80. The molecule has 0 spiro atoms. The first-order valence-corrected chi connectivity index (χ1v) is 6.42. The van der Waals surface area contributed by atoms with Crippen LogP contribution in [0.15, 0.2) is 36.5 Å². The van der Waals surface area contributed by atoms with Crippen molar-refractivity contribution in [3.8, 4) is 5.75 Å². The number of aromatic nitrogens is 1. The van der Waals surface area contributed by atoms with Gasteiger partial charge in [0, 0.05) is 12.1 Å². The van der Waals surface area contributed by atoms with E-state index in [1.54, 1.807) is 6.20 Å². The molecule has 1 aromatic carbocycles. The van der Waals surface area contributed by atoms with E-state index < -0.39 is 0 Å². The summed E-state index contributed by atoms with van der Waals surface area (Å²) in [4.78, 5) is 6.70. The number of para-hydroxylation sites is 1. The van der Waals surface area contributed by atoms with Crippen LogP contribution in [-0.4, -0.2) is 18.1 Å². The van der Waals surface area contributed by atoms with Crippen LogP contribution in [0.1, 0.15) is 11.1 Å². The van der Waals surface area contributed by atoms with Crippen molar-refractivity contribution in [3.05, 3.63) is 47.7 Å². The Kier molecular flexibility index (Phi) is 2.99. The summed E-state index contributed by atoms with van der Waals surface area (Å²) >= 11 is 0. The van der Waals surface area contributed by atoms with Crippen molar-refractivity contribution in [3.63, 3.8) is 0 Å². The minimum absolute atomic E-state index is 0.669. The van der Waals surface area contributed by atoms with Crippen LogP contribution < -0.4 is 15.4 Å². The first kappa shape index (κ1) is 11.8. The van der Waals surface area contributed by atoms with Crippen LogP contribution >= 0.6 is 0 Å². The Balaban J connectivity index is 1.94. The number of nitrogen functional groups attached to an aromatic ring is 1. The third-order valence-electron chi connectivity index (χ3n) is 3.32. The largest absolute Gasteiger partial charge is 0.491 e. The summed E-state index contributed by atoms with van der Waals surface area (Å²) < 4.78 is 5.77. The smallest absolute Gasteiger partial charge is 0.132 e. The molecule has 1 aliphatic heterocycles. The molecule has 0 fully saturated rings. The number of nitrogens with zero attached hydrogens (tertiary/aromatic N) is 2. The maximum Gasteiger partial charge on any atom is 0.132 e. The number of benzene rings is 1. The zero-order valence-corrected chi connectivity index (χ0v) is 11.0. The number of rotatable bonds is 1. The van der Waals surface area contributed by atoms with Gasteiger partial charge in [-0.05, 0) is 24.6 Å². The van der Waals surface area contributed by atoms with Gasteiger partial charge in [0.05, 0.1) is 18.4 Å². The average molecular weight is 255 g/mol. The Bertz CT molecular complexity index is 598. The van der Waals surface area contributed by atoms with Crippen LogP contribution in [0.2, 0.25) is 0 Å². The zero-order chi connectivity index (χ0) is 13.2. The van der Waals surface area contributed by atoms with Gasteiger partial charge in [0.1, 0.15) is 18.2 Å². The Morgan fingerprint density at radius 3 is 3.00 bits per heavy atom. The first-order valence-electron chi connectivity index (χ1n) is 6.42. The van der Waals surface area contributed by atoms with E-state index in [-0.39, 0.29) is 0 Å². The van der Waals surface area contributed by atoms with Gasteiger partial charge in [0.2, 0.25) is 0 Å². The fourth-order valence-corrected chi connectivity index (χ4v) is 2.43. The third kappa shape index (κ3) is 2.34. The number of pyridine rings is 1. The molecular formula is C15H17N3O. The van der Waals surface area contributed by atoms with E-state index in [4.69, 9.17) is 10.5 Å². The molecule has 0 saturated carbocycles. The summed E-state index contributed by atoms with van der Waals surface area (Å²) in [5.74, 6) is 1.95. The molecule has 3 rings (SSSR count). The van der Waals surface area contributed by atoms with Crippen molar-refractivity contribution in [2.45, 2.75) is 13.5 Å². The molecular weight excluding hydrogens is 238 g/mol. The van der Waals surface area contributed by atoms with E-state index in [0.717, 1.165) is 30.2 Å². The minimum Gasteiger partial charge on any atom is -0.491 e. The molecule has 0 bridgehead atoms. The lowest BCUT2D eigenvalue weighted by Crippen LogP contribution is -2.26. The van der Waals surface area contributed by atoms with Crippen LogP contribution in [0.4, 0.5) is 11.5 Å². The molecule has 0 radical (unpaired) electrons. The molecule has 4 heteroatoms. The summed E-state index contributed by atoms with van der Waals surface area (Å²) in [6.45, 7) is 4.35. The van der Waals surface area contributed by atoms with Crippen molar-refractivity contribution in [2.24, 2.45) is 0 Å². The molecule has 0 saturated heterocycles. The van der Waals surface area contributed by atoms with Crippen molar-refractivity contribution < 1.29 is 4.74 Å². The van der Waals surface area contributed by atoms with Gasteiger partial charge < -0.3 is 15.4 Å². The van der Waals surface area contributed by atoms with Gasteiger partial charge in [-0.2, -0.15) is 0 Å². The number of hydrogen-bond acceptors (Lipinski definition) is 4. The highest BCUT2D eigenvalue weighted by atomic mass is 16.5. The first-order chi connectivity index (χ1) is 9.24. The van der Waals surface area contributed by atoms with E-state index >= 15 is 0 Å². The lowest BCUT2D eigenvalue weighted by atomic mass is 10.2. The van der Waals surface area contributed by atoms with Gasteiger partial charge in [-0.15, -0.1) is 0 Å².